The van der Waals surface area contributed by atoms with E-state index in [0.29, 0.717) is 12.8 Å². The van der Waals surface area contributed by atoms with Gasteiger partial charge in [0.15, 0.2) is 9.84 Å². The summed E-state index contributed by atoms with van der Waals surface area (Å²) >= 11 is 0. The van der Waals surface area contributed by atoms with Gasteiger partial charge in [0.25, 0.3) is 0 Å². The Morgan fingerprint density at radius 3 is 2.43 bits per heavy atom. The summed E-state index contributed by atoms with van der Waals surface area (Å²) < 4.78 is 29.7. The molecule has 1 saturated carbocycles. The van der Waals surface area contributed by atoms with Crippen molar-refractivity contribution in [1.29, 1.82) is 5.26 Å². The smallest absolute Gasteiger partial charge is 0.321 e. The van der Waals surface area contributed by atoms with Gasteiger partial charge in [-0.3, -0.25) is 4.79 Å². The van der Waals surface area contributed by atoms with Crippen LogP contribution in [0.3, 0.4) is 0 Å². The van der Waals surface area contributed by atoms with E-state index >= 15 is 0 Å². The Labute approximate surface area is 127 Å². The molecule has 0 heterocycles. The van der Waals surface area contributed by atoms with Crippen LogP contribution in [0.4, 0.5) is 0 Å². The molecule has 0 amide bonds. The molecule has 1 rings (SSSR count). The van der Waals surface area contributed by atoms with Crippen LogP contribution in [0.1, 0.15) is 47.0 Å². The van der Waals surface area contributed by atoms with Crippen LogP contribution >= 0.6 is 0 Å². The van der Waals surface area contributed by atoms with E-state index in [1.165, 1.54) is 0 Å². The molecule has 3 unspecified atom stereocenters. The minimum Gasteiger partial charge on any atom is -0.465 e. The molecule has 5 nitrogen and oxygen atoms in total. The molecule has 21 heavy (non-hydrogen) atoms. The Hall–Kier alpha value is -1.09. The largest absolute Gasteiger partial charge is 0.465 e. The lowest BCUT2D eigenvalue weighted by Crippen LogP contribution is -2.41. The molecule has 3 atom stereocenters. The summed E-state index contributed by atoms with van der Waals surface area (Å²) in [6.07, 6.45) is 1.88. The van der Waals surface area contributed by atoms with Crippen molar-refractivity contribution in [3.05, 3.63) is 0 Å². The minimum atomic E-state index is -3.66. The number of ether oxygens (including phenoxy) is 1. The fraction of sp³-hybridized carbons (Fsp3) is 0.867. The summed E-state index contributed by atoms with van der Waals surface area (Å²) in [5.41, 5.74) is -0.00186. The molecular weight excluding hydrogens is 290 g/mol. The molecule has 120 valence electrons. The number of nitrogens with zero attached hydrogens (tertiary/aromatic N) is 1. The maximum Gasteiger partial charge on any atom is 0.321 e. The second-order valence-corrected chi connectivity index (χ2v) is 8.98. The standard InChI is InChI=1S/C15H25NO4S/c1-5-20-14(17)10-21(18,19)13-8-12(15(2,3)4)7-6-11(13)9-16/h11-13H,5-8,10H2,1-4H3. The summed E-state index contributed by atoms with van der Waals surface area (Å²) in [7, 11) is -3.66. The lowest BCUT2D eigenvalue weighted by atomic mass is 9.70. The van der Waals surface area contributed by atoms with Crippen molar-refractivity contribution >= 4 is 15.8 Å². The molecule has 0 N–H and O–H groups in total. The lowest BCUT2D eigenvalue weighted by Gasteiger charge is -2.39. The van der Waals surface area contributed by atoms with Crippen LogP contribution in [0, 0.1) is 28.6 Å². The average Bonchev–Trinajstić information content (AvgIpc) is 2.36. The monoisotopic (exact) mass is 315 g/mol. The molecular formula is C15H25NO4S. The predicted octanol–water partition coefficient (Wildman–Crippen LogP) is 2.32. The highest BCUT2D eigenvalue weighted by molar-refractivity contribution is 7.92. The summed E-state index contributed by atoms with van der Waals surface area (Å²) in [6.45, 7) is 8.04. The van der Waals surface area contributed by atoms with Crippen molar-refractivity contribution in [3.63, 3.8) is 0 Å². The Kier molecular flexibility index (Phi) is 5.80. The predicted molar refractivity (Wildman–Crippen MR) is 80.1 cm³/mol. The quantitative estimate of drug-likeness (QED) is 0.743. The fourth-order valence-corrected chi connectivity index (χ4v) is 4.78. The van der Waals surface area contributed by atoms with Crippen LogP contribution in [-0.2, 0) is 19.4 Å². The van der Waals surface area contributed by atoms with Crippen molar-refractivity contribution in [2.75, 3.05) is 12.4 Å². The van der Waals surface area contributed by atoms with Gasteiger partial charge in [-0.15, -0.1) is 0 Å². The average molecular weight is 315 g/mol. The maximum absolute atomic E-state index is 12.5. The number of hydrogen-bond acceptors (Lipinski definition) is 5. The summed E-state index contributed by atoms with van der Waals surface area (Å²) in [4.78, 5) is 11.5. The van der Waals surface area contributed by atoms with Gasteiger partial charge in [-0.25, -0.2) is 8.42 Å². The molecule has 0 aromatic heterocycles. The van der Waals surface area contributed by atoms with Crippen LogP contribution in [0.25, 0.3) is 0 Å². The zero-order chi connectivity index (χ0) is 16.3. The molecule has 1 aliphatic rings. The van der Waals surface area contributed by atoms with Gasteiger partial charge in [-0.1, -0.05) is 20.8 Å². The third-order valence-electron chi connectivity index (χ3n) is 4.27. The molecule has 0 aromatic carbocycles. The highest BCUT2D eigenvalue weighted by atomic mass is 32.2. The first-order chi connectivity index (χ1) is 9.61. The van der Waals surface area contributed by atoms with Gasteiger partial charge < -0.3 is 4.74 Å². The van der Waals surface area contributed by atoms with Gasteiger partial charge in [0.2, 0.25) is 0 Å². The van der Waals surface area contributed by atoms with Crippen molar-refractivity contribution in [2.45, 2.75) is 52.2 Å². The molecule has 1 fully saturated rings. The molecule has 0 aromatic rings. The highest BCUT2D eigenvalue weighted by Gasteiger charge is 2.43. The minimum absolute atomic E-state index is 0.00186. The molecule has 6 heteroatoms. The van der Waals surface area contributed by atoms with Crippen LogP contribution < -0.4 is 0 Å². The van der Waals surface area contributed by atoms with Gasteiger partial charge in [0.05, 0.1) is 23.8 Å². The van der Waals surface area contributed by atoms with E-state index in [9.17, 15) is 18.5 Å². The zero-order valence-electron chi connectivity index (χ0n) is 13.3. The van der Waals surface area contributed by atoms with E-state index in [0.717, 1.165) is 6.42 Å². The van der Waals surface area contributed by atoms with Gasteiger partial charge in [-0.2, -0.15) is 5.26 Å². The van der Waals surface area contributed by atoms with E-state index in [2.05, 4.69) is 26.8 Å². The van der Waals surface area contributed by atoms with E-state index in [-0.39, 0.29) is 17.9 Å². The van der Waals surface area contributed by atoms with Crippen LogP contribution in [-0.4, -0.2) is 32.0 Å². The first kappa shape index (κ1) is 18.0. The van der Waals surface area contributed by atoms with Crippen LogP contribution in [0.15, 0.2) is 0 Å². The van der Waals surface area contributed by atoms with E-state index in [1.54, 1.807) is 6.92 Å². The Morgan fingerprint density at radius 1 is 1.33 bits per heavy atom. The van der Waals surface area contributed by atoms with Crippen molar-refractivity contribution < 1.29 is 17.9 Å². The topological polar surface area (TPSA) is 84.2 Å². The van der Waals surface area contributed by atoms with Crippen molar-refractivity contribution in [2.24, 2.45) is 17.3 Å². The Bertz CT molecular complexity index is 513. The van der Waals surface area contributed by atoms with E-state index < -0.39 is 32.7 Å². The maximum atomic E-state index is 12.5. The van der Waals surface area contributed by atoms with Gasteiger partial charge in [0, 0.05) is 0 Å². The van der Waals surface area contributed by atoms with Gasteiger partial charge in [0.1, 0.15) is 5.75 Å². The number of sulfone groups is 1. The number of nitriles is 1. The number of rotatable bonds is 4. The zero-order valence-corrected chi connectivity index (χ0v) is 14.1. The molecule has 0 bridgehead atoms. The summed E-state index contributed by atoms with van der Waals surface area (Å²) in [5.74, 6) is -1.64. The number of carbonyl (C=O) groups excluding carboxylic acids is 1. The van der Waals surface area contributed by atoms with Crippen molar-refractivity contribution in [1.82, 2.24) is 0 Å². The summed E-state index contributed by atoms with van der Waals surface area (Å²) in [5, 5.41) is 8.46. The van der Waals surface area contributed by atoms with E-state index in [1.807, 2.05) is 0 Å². The number of esters is 1. The Morgan fingerprint density at radius 2 is 1.95 bits per heavy atom. The molecule has 1 aliphatic carbocycles. The SMILES string of the molecule is CCOC(=O)CS(=O)(=O)C1CC(C(C)(C)C)CCC1C#N. The fourth-order valence-electron chi connectivity index (χ4n) is 2.93. The third-order valence-corrected chi connectivity index (χ3v) is 6.35. The first-order valence-corrected chi connectivity index (χ1v) is 9.10. The van der Waals surface area contributed by atoms with E-state index in [4.69, 9.17) is 4.74 Å². The number of hydrogen-bond donors (Lipinski definition) is 0. The highest BCUT2D eigenvalue weighted by Crippen LogP contribution is 2.42. The number of carbonyl (C=O) groups is 1. The normalized spacial score (nSPS) is 26.9. The molecule has 0 saturated heterocycles. The summed E-state index contributed by atoms with van der Waals surface area (Å²) in [6, 6.07) is 2.11. The van der Waals surface area contributed by atoms with Crippen molar-refractivity contribution in [3.8, 4) is 6.07 Å². The first-order valence-electron chi connectivity index (χ1n) is 7.38. The van der Waals surface area contributed by atoms with Gasteiger partial charge in [-0.05, 0) is 37.5 Å². The lowest BCUT2D eigenvalue weighted by molar-refractivity contribution is -0.139. The van der Waals surface area contributed by atoms with Crippen LogP contribution in [0.5, 0.6) is 0 Å². The molecule has 0 spiro atoms. The second-order valence-electron chi connectivity index (χ2n) is 6.76. The molecule has 0 aliphatic heterocycles. The van der Waals surface area contributed by atoms with Crippen LogP contribution in [0.2, 0.25) is 0 Å². The second kappa shape index (κ2) is 6.78. The Balaban J connectivity index is 2.94. The van der Waals surface area contributed by atoms with Gasteiger partial charge >= 0.3 is 5.97 Å². The third kappa shape index (κ3) is 4.70. The molecule has 0 radical (unpaired) electrons.